The molecule has 0 saturated heterocycles. The normalized spacial score (nSPS) is 17.7. The maximum absolute atomic E-state index is 5.24. The molecule has 5 heteroatoms. The molecule has 1 unspecified atom stereocenters. The first-order valence-electron chi connectivity index (χ1n) is 5.84. The number of methoxy groups -OCH3 is 1. The van der Waals surface area contributed by atoms with E-state index in [1.54, 1.807) is 7.11 Å². The van der Waals surface area contributed by atoms with Gasteiger partial charge in [0.05, 0.1) is 18.3 Å². The highest BCUT2D eigenvalue weighted by Gasteiger charge is 2.31. The molecule has 0 spiro atoms. The minimum absolute atomic E-state index is 0.447. The van der Waals surface area contributed by atoms with Crippen LogP contribution in [0.4, 0.5) is 0 Å². The van der Waals surface area contributed by atoms with Crippen LogP contribution in [0, 0.1) is 5.92 Å². The summed E-state index contributed by atoms with van der Waals surface area (Å²) in [6.07, 6.45) is 2.63. The van der Waals surface area contributed by atoms with Crippen LogP contribution in [-0.2, 0) is 17.9 Å². The highest BCUT2D eigenvalue weighted by Crippen LogP contribution is 2.39. The van der Waals surface area contributed by atoms with Gasteiger partial charge in [-0.15, -0.1) is 5.10 Å². The van der Waals surface area contributed by atoms with Gasteiger partial charge >= 0.3 is 0 Å². The molecule has 2 rings (SSSR count). The van der Waals surface area contributed by atoms with E-state index in [9.17, 15) is 0 Å². The molecule has 90 valence electrons. The molecule has 0 aromatic carbocycles. The molecule has 1 atom stereocenters. The van der Waals surface area contributed by atoms with Crippen LogP contribution in [0.5, 0.6) is 0 Å². The van der Waals surface area contributed by atoms with Gasteiger partial charge in [-0.05, 0) is 32.7 Å². The molecule has 1 N–H and O–H groups in total. The second-order valence-corrected chi connectivity index (χ2v) is 4.47. The van der Waals surface area contributed by atoms with Crippen molar-refractivity contribution >= 4 is 0 Å². The first kappa shape index (κ1) is 11.5. The second kappa shape index (κ2) is 4.93. The Labute approximate surface area is 96.2 Å². The molecule has 1 aliphatic carbocycles. The maximum atomic E-state index is 5.24. The summed E-state index contributed by atoms with van der Waals surface area (Å²) in [6, 6.07) is 0.447. The number of nitrogens with one attached hydrogen (secondary N) is 1. The minimum atomic E-state index is 0.447. The Bertz CT molecular complexity index is 346. The fourth-order valence-electron chi connectivity index (χ4n) is 2.04. The Morgan fingerprint density at radius 1 is 1.56 bits per heavy atom. The summed E-state index contributed by atoms with van der Waals surface area (Å²) < 4.78 is 7.27. The monoisotopic (exact) mass is 224 g/mol. The van der Waals surface area contributed by atoms with E-state index in [1.807, 2.05) is 11.7 Å². The van der Waals surface area contributed by atoms with Gasteiger partial charge in [-0.2, -0.15) is 0 Å². The van der Waals surface area contributed by atoms with Crippen LogP contribution in [0.2, 0.25) is 0 Å². The van der Waals surface area contributed by atoms with Gasteiger partial charge in [-0.1, -0.05) is 5.21 Å². The fourth-order valence-corrected chi connectivity index (χ4v) is 2.04. The van der Waals surface area contributed by atoms with Crippen LogP contribution in [0.15, 0.2) is 0 Å². The Hall–Kier alpha value is -0.940. The predicted octanol–water partition coefficient (Wildman–Crippen LogP) is 1.11. The Morgan fingerprint density at radius 2 is 2.31 bits per heavy atom. The van der Waals surface area contributed by atoms with Crippen molar-refractivity contribution in [3.05, 3.63) is 11.4 Å². The van der Waals surface area contributed by atoms with E-state index in [-0.39, 0.29) is 0 Å². The number of hydrogen-bond acceptors (Lipinski definition) is 4. The van der Waals surface area contributed by atoms with Crippen LogP contribution in [0.25, 0.3) is 0 Å². The molecule has 0 amide bonds. The quantitative estimate of drug-likeness (QED) is 0.786. The summed E-state index contributed by atoms with van der Waals surface area (Å²) in [5.74, 6) is 0.778. The Balaban J connectivity index is 2.21. The summed E-state index contributed by atoms with van der Waals surface area (Å²) in [6.45, 7) is 3.55. The summed E-state index contributed by atoms with van der Waals surface area (Å²) in [5.41, 5.74) is 2.10. The number of nitrogens with zero attached hydrogens (tertiary/aromatic N) is 3. The fraction of sp³-hybridized carbons (Fsp3) is 0.818. The molecule has 0 aliphatic heterocycles. The van der Waals surface area contributed by atoms with Gasteiger partial charge in [0.1, 0.15) is 5.69 Å². The number of aromatic nitrogens is 3. The lowest BCUT2D eigenvalue weighted by molar-refractivity contribution is 0.172. The molecule has 1 aliphatic rings. The van der Waals surface area contributed by atoms with Crippen molar-refractivity contribution in [3.63, 3.8) is 0 Å². The third-order valence-electron chi connectivity index (χ3n) is 3.19. The van der Waals surface area contributed by atoms with Crippen molar-refractivity contribution in [3.8, 4) is 0 Å². The van der Waals surface area contributed by atoms with E-state index in [0.29, 0.717) is 12.6 Å². The van der Waals surface area contributed by atoms with Crippen molar-refractivity contribution in [1.29, 1.82) is 0 Å². The Kier molecular flexibility index (Phi) is 3.56. The van der Waals surface area contributed by atoms with E-state index in [1.165, 1.54) is 12.8 Å². The van der Waals surface area contributed by atoms with Gasteiger partial charge in [0.2, 0.25) is 0 Å². The van der Waals surface area contributed by atoms with Crippen molar-refractivity contribution in [2.24, 2.45) is 5.92 Å². The van der Waals surface area contributed by atoms with Crippen LogP contribution in [0.3, 0.4) is 0 Å². The third-order valence-corrected chi connectivity index (χ3v) is 3.19. The van der Waals surface area contributed by atoms with Gasteiger partial charge in [0.25, 0.3) is 0 Å². The molecule has 0 bridgehead atoms. The molecule has 1 saturated carbocycles. The highest BCUT2D eigenvalue weighted by atomic mass is 16.5. The zero-order chi connectivity index (χ0) is 11.5. The number of ether oxygens (including phenoxy) is 1. The van der Waals surface area contributed by atoms with E-state index in [0.717, 1.165) is 23.9 Å². The van der Waals surface area contributed by atoms with Crippen molar-refractivity contribution in [1.82, 2.24) is 20.3 Å². The molecular weight excluding hydrogens is 204 g/mol. The van der Waals surface area contributed by atoms with Crippen LogP contribution in [-0.4, -0.2) is 29.2 Å². The van der Waals surface area contributed by atoms with Crippen molar-refractivity contribution in [2.75, 3.05) is 14.2 Å². The molecular formula is C11H20N4O. The first-order chi connectivity index (χ1) is 7.77. The third kappa shape index (κ3) is 2.25. The molecule has 0 radical (unpaired) electrons. The molecule has 16 heavy (non-hydrogen) atoms. The average molecular weight is 224 g/mol. The van der Waals surface area contributed by atoms with Crippen LogP contribution in [0.1, 0.15) is 37.2 Å². The van der Waals surface area contributed by atoms with Gasteiger partial charge in [0, 0.05) is 13.7 Å². The van der Waals surface area contributed by atoms with Crippen molar-refractivity contribution in [2.45, 2.75) is 39.0 Å². The SMILES string of the molecule is CNCc1nnn(C(C)C2CC2)c1COC. The van der Waals surface area contributed by atoms with Gasteiger partial charge in [-0.25, -0.2) is 4.68 Å². The minimum Gasteiger partial charge on any atom is -0.378 e. The smallest absolute Gasteiger partial charge is 0.102 e. The van der Waals surface area contributed by atoms with Crippen LogP contribution >= 0.6 is 0 Å². The maximum Gasteiger partial charge on any atom is 0.102 e. The van der Waals surface area contributed by atoms with E-state index in [2.05, 4.69) is 22.6 Å². The van der Waals surface area contributed by atoms with Crippen molar-refractivity contribution < 1.29 is 4.74 Å². The lowest BCUT2D eigenvalue weighted by Gasteiger charge is -2.14. The molecule has 1 aromatic heterocycles. The Morgan fingerprint density at radius 3 is 2.88 bits per heavy atom. The predicted molar refractivity (Wildman–Crippen MR) is 60.9 cm³/mol. The first-order valence-corrected chi connectivity index (χ1v) is 5.84. The summed E-state index contributed by atoms with van der Waals surface area (Å²) >= 11 is 0. The lowest BCUT2D eigenvalue weighted by atomic mass is 10.2. The van der Waals surface area contributed by atoms with E-state index >= 15 is 0 Å². The summed E-state index contributed by atoms with van der Waals surface area (Å²) in [4.78, 5) is 0. The molecule has 1 heterocycles. The molecule has 5 nitrogen and oxygen atoms in total. The second-order valence-electron chi connectivity index (χ2n) is 4.47. The zero-order valence-corrected chi connectivity index (χ0v) is 10.2. The highest BCUT2D eigenvalue weighted by molar-refractivity contribution is 5.10. The van der Waals surface area contributed by atoms with E-state index in [4.69, 9.17) is 4.74 Å². The number of rotatable bonds is 6. The zero-order valence-electron chi connectivity index (χ0n) is 10.2. The summed E-state index contributed by atoms with van der Waals surface area (Å²) in [5, 5.41) is 11.6. The molecule has 1 aromatic rings. The average Bonchev–Trinajstić information content (AvgIpc) is 3.05. The topological polar surface area (TPSA) is 52.0 Å². The number of hydrogen-bond donors (Lipinski definition) is 1. The van der Waals surface area contributed by atoms with Gasteiger partial charge < -0.3 is 10.1 Å². The van der Waals surface area contributed by atoms with Crippen LogP contribution < -0.4 is 5.32 Å². The summed E-state index contributed by atoms with van der Waals surface area (Å²) in [7, 11) is 3.63. The lowest BCUT2D eigenvalue weighted by Crippen LogP contribution is -2.15. The van der Waals surface area contributed by atoms with Gasteiger partial charge in [-0.3, -0.25) is 0 Å². The standard InChI is InChI=1S/C11H20N4O/c1-8(9-4-5-9)15-11(7-16-3)10(6-12-2)13-14-15/h8-9,12H,4-7H2,1-3H3. The molecule has 1 fully saturated rings. The van der Waals surface area contributed by atoms with E-state index < -0.39 is 0 Å². The van der Waals surface area contributed by atoms with Gasteiger partial charge in [0.15, 0.2) is 0 Å². The largest absolute Gasteiger partial charge is 0.378 e.